The van der Waals surface area contributed by atoms with Gasteiger partial charge in [-0.1, -0.05) is 33.8 Å². The highest BCUT2D eigenvalue weighted by molar-refractivity contribution is 9.10. The second kappa shape index (κ2) is 7.30. The van der Waals surface area contributed by atoms with E-state index in [1.54, 1.807) is 0 Å². The molecule has 0 spiro atoms. The highest BCUT2D eigenvalue weighted by atomic mass is 79.9. The van der Waals surface area contributed by atoms with Gasteiger partial charge in [-0.25, -0.2) is 0 Å². The van der Waals surface area contributed by atoms with Crippen molar-refractivity contribution in [2.24, 2.45) is 17.6 Å². The highest BCUT2D eigenvalue weighted by Gasteiger charge is 2.14. The zero-order valence-corrected chi connectivity index (χ0v) is 14.4. The fourth-order valence-corrected chi connectivity index (χ4v) is 2.86. The van der Waals surface area contributed by atoms with Crippen LogP contribution in [0.2, 0.25) is 0 Å². The van der Waals surface area contributed by atoms with Crippen LogP contribution in [-0.4, -0.2) is 13.1 Å². The quantitative estimate of drug-likeness (QED) is 0.828. The molecule has 108 valence electrons. The second-order valence-corrected chi connectivity index (χ2v) is 7.05. The third-order valence-corrected chi connectivity index (χ3v) is 3.64. The van der Waals surface area contributed by atoms with Gasteiger partial charge in [0.05, 0.1) is 5.69 Å². The molecule has 19 heavy (non-hydrogen) atoms. The van der Waals surface area contributed by atoms with Gasteiger partial charge in [-0.2, -0.15) is 0 Å². The molecule has 0 saturated heterocycles. The van der Waals surface area contributed by atoms with Crippen LogP contribution in [0.1, 0.15) is 46.2 Å². The van der Waals surface area contributed by atoms with Crippen molar-refractivity contribution in [2.45, 2.75) is 40.7 Å². The molecular formula is C16H27BrN2. The monoisotopic (exact) mass is 326 g/mol. The van der Waals surface area contributed by atoms with Gasteiger partial charge in [0.25, 0.3) is 0 Å². The van der Waals surface area contributed by atoms with Crippen molar-refractivity contribution >= 4 is 21.6 Å². The molecular weight excluding hydrogens is 300 g/mol. The fourth-order valence-electron chi connectivity index (χ4n) is 2.22. The molecule has 0 unspecified atom stereocenters. The maximum atomic E-state index is 5.94. The van der Waals surface area contributed by atoms with Crippen molar-refractivity contribution in [1.82, 2.24) is 0 Å². The third-order valence-electron chi connectivity index (χ3n) is 3.01. The summed E-state index contributed by atoms with van der Waals surface area (Å²) in [6, 6.07) is 6.55. The molecule has 1 aromatic carbocycles. The Morgan fingerprint density at radius 2 is 1.58 bits per heavy atom. The fraction of sp³-hybridized carbons (Fsp3) is 0.625. The summed E-state index contributed by atoms with van der Waals surface area (Å²) in [7, 11) is 0. The van der Waals surface area contributed by atoms with E-state index in [1.807, 2.05) is 6.92 Å². The minimum atomic E-state index is 0.0778. The van der Waals surface area contributed by atoms with Crippen LogP contribution in [0.15, 0.2) is 22.7 Å². The predicted octanol–water partition coefficient (Wildman–Crippen LogP) is 4.59. The van der Waals surface area contributed by atoms with Gasteiger partial charge in [0, 0.05) is 23.6 Å². The first-order valence-electron chi connectivity index (χ1n) is 7.11. The van der Waals surface area contributed by atoms with Crippen LogP contribution in [0.25, 0.3) is 0 Å². The number of hydrogen-bond acceptors (Lipinski definition) is 2. The molecule has 0 fully saturated rings. The van der Waals surface area contributed by atoms with Crippen LogP contribution < -0.4 is 10.6 Å². The van der Waals surface area contributed by atoms with Gasteiger partial charge in [0.15, 0.2) is 0 Å². The van der Waals surface area contributed by atoms with E-state index in [9.17, 15) is 0 Å². The van der Waals surface area contributed by atoms with E-state index < -0.39 is 0 Å². The molecule has 0 aliphatic rings. The Morgan fingerprint density at radius 3 is 1.95 bits per heavy atom. The number of halogens is 1. The summed E-state index contributed by atoms with van der Waals surface area (Å²) in [6.45, 7) is 13.2. The van der Waals surface area contributed by atoms with Gasteiger partial charge >= 0.3 is 0 Å². The van der Waals surface area contributed by atoms with Gasteiger partial charge in [-0.05, 0) is 52.4 Å². The van der Waals surface area contributed by atoms with Crippen molar-refractivity contribution in [3.05, 3.63) is 28.2 Å². The van der Waals surface area contributed by atoms with Crippen molar-refractivity contribution in [1.29, 1.82) is 0 Å². The van der Waals surface area contributed by atoms with Crippen LogP contribution in [0.3, 0.4) is 0 Å². The summed E-state index contributed by atoms with van der Waals surface area (Å²) in [5, 5.41) is 0. The summed E-state index contributed by atoms with van der Waals surface area (Å²) >= 11 is 3.70. The number of nitrogens with two attached hydrogens (primary N) is 1. The molecule has 2 N–H and O–H groups in total. The average molecular weight is 327 g/mol. The molecule has 2 nitrogen and oxygen atoms in total. The summed E-state index contributed by atoms with van der Waals surface area (Å²) in [4.78, 5) is 2.46. The Labute approximate surface area is 126 Å². The lowest BCUT2D eigenvalue weighted by molar-refractivity contribution is 0.552. The van der Waals surface area contributed by atoms with E-state index >= 15 is 0 Å². The largest absolute Gasteiger partial charge is 0.370 e. The minimum absolute atomic E-state index is 0.0778. The summed E-state index contributed by atoms with van der Waals surface area (Å²) in [6.07, 6.45) is 0. The highest BCUT2D eigenvalue weighted by Crippen LogP contribution is 2.30. The number of benzene rings is 1. The van der Waals surface area contributed by atoms with Gasteiger partial charge < -0.3 is 10.6 Å². The molecule has 1 rings (SSSR count). The van der Waals surface area contributed by atoms with Crippen LogP contribution >= 0.6 is 15.9 Å². The Balaban J connectivity index is 3.01. The standard InChI is InChI=1S/C16H27BrN2/c1-11(2)9-19(10-12(3)4)16-7-6-14(13(5)18)8-15(16)17/h6-8,11-13H,9-10,18H2,1-5H3/t13-/m0/s1. The lowest BCUT2D eigenvalue weighted by Crippen LogP contribution is -2.31. The molecule has 0 bridgehead atoms. The van der Waals surface area contributed by atoms with E-state index in [0.717, 1.165) is 17.6 Å². The Kier molecular flexibility index (Phi) is 6.34. The Morgan fingerprint density at radius 1 is 1.05 bits per heavy atom. The average Bonchev–Trinajstić information content (AvgIpc) is 2.26. The normalized spacial score (nSPS) is 13.1. The number of nitrogens with zero attached hydrogens (tertiary/aromatic N) is 1. The molecule has 0 heterocycles. The maximum absolute atomic E-state index is 5.94. The topological polar surface area (TPSA) is 29.3 Å². The zero-order valence-electron chi connectivity index (χ0n) is 12.8. The molecule has 1 atom stereocenters. The Bertz CT molecular complexity index is 390. The smallest absolute Gasteiger partial charge is 0.0511 e. The first-order chi connectivity index (χ1) is 8.81. The van der Waals surface area contributed by atoms with Gasteiger partial charge in [-0.3, -0.25) is 0 Å². The van der Waals surface area contributed by atoms with Gasteiger partial charge in [-0.15, -0.1) is 0 Å². The van der Waals surface area contributed by atoms with E-state index in [0.29, 0.717) is 11.8 Å². The molecule has 0 saturated carbocycles. The van der Waals surface area contributed by atoms with Crippen LogP contribution in [0, 0.1) is 11.8 Å². The predicted molar refractivity (Wildman–Crippen MR) is 88.6 cm³/mol. The molecule has 0 amide bonds. The molecule has 0 aliphatic heterocycles. The number of hydrogen-bond donors (Lipinski definition) is 1. The summed E-state index contributed by atoms with van der Waals surface area (Å²) in [5.41, 5.74) is 8.38. The first kappa shape index (κ1) is 16.5. The minimum Gasteiger partial charge on any atom is -0.370 e. The van der Waals surface area contributed by atoms with Crippen molar-refractivity contribution in [3.63, 3.8) is 0 Å². The third kappa shape index (κ3) is 5.15. The maximum Gasteiger partial charge on any atom is 0.0511 e. The van der Waals surface area contributed by atoms with E-state index in [4.69, 9.17) is 5.73 Å². The van der Waals surface area contributed by atoms with E-state index in [1.165, 1.54) is 11.3 Å². The molecule has 1 aromatic rings. The van der Waals surface area contributed by atoms with Crippen molar-refractivity contribution in [2.75, 3.05) is 18.0 Å². The molecule has 3 heteroatoms. The molecule has 0 aromatic heterocycles. The molecule has 0 radical (unpaired) electrons. The van der Waals surface area contributed by atoms with Crippen molar-refractivity contribution < 1.29 is 0 Å². The number of anilines is 1. The van der Waals surface area contributed by atoms with Crippen molar-refractivity contribution in [3.8, 4) is 0 Å². The zero-order chi connectivity index (χ0) is 14.6. The lowest BCUT2D eigenvalue weighted by atomic mass is 10.1. The Hall–Kier alpha value is -0.540. The van der Waals surface area contributed by atoms with Gasteiger partial charge in [0.2, 0.25) is 0 Å². The van der Waals surface area contributed by atoms with Gasteiger partial charge in [0.1, 0.15) is 0 Å². The summed E-state index contributed by atoms with van der Waals surface area (Å²) in [5.74, 6) is 1.30. The SMILES string of the molecule is CC(C)CN(CC(C)C)c1ccc([C@H](C)N)cc1Br. The number of rotatable bonds is 6. The van der Waals surface area contributed by atoms with E-state index in [-0.39, 0.29) is 6.04 Å². The van der Waals surface area contributed by atoms with E-state index in [2.05, 4.69) is 66.7 Å². The van der Waals surface area contributed by atoms with Crippen LogP contribution in [0.4, 0.5) is 5.69 Å². The lowest BCUT2D eigenvalue weighted by Gasteiger charge is -2.29. The van der Waals surface area contributed by atoms with Crippen LogP contribution in [0.5, 0.6) is 0 Å². The first-order valence-corrected chi connectivity index (χ1v) is 7.90. The van der Waals surface area contributed by atoms with Crippen LogP contribution in [-0.2, 0) is 0 Å². The second-order valence-electron chi connectivity index (χ2n) is 6.19. The molecule has 0 aliphatic carbocycles. The summed E-state index contributed by atoms with van der Waals surface area (Å²) < 4.78 is 1.14.